The van der Waals surface area contributed by atoms with Gasteiger partial charge in [-0.1, -0.05) is 12.2 Å². The molecule has 1 heterocycles. The first kappa shape index (κ1) is 13.2. The van der Waals surface area contributed by atoms with Crippen molar-refractivity contribution < 1.29 is 4.74 Å². The van der Waals surface area contributed by atoms with Crippen molar-refractivity contribution >= 4 is 28.8 Å². The summed E-state index contributed by atoms with van der Waals surface area (Å²) < 4.78 is 5.12. The summed E-state index contributed by atoms with van der Waals surface area (Å²) in [4.78, 5) is 10.6. The zero-order valence-corrected chi connectivity index (χ0v) is 11.5. The molecule has 0 spiro atoms. The summed E-state index contributed by atoms with van der Waals surface area (Å²) in [5.74, 6) is 1.34. The molecule has 5 nitrogen and oxygen atoms in total. The number of methoxy groups -OCH3 is 1. The molecule has 2 rings (SSSR count). The minimum Gasteiger partial charge on any atom is -0.497 e. The van der Waals surface area contributed by atoms with Gasteiger partial charge in [0.1, 0.15) is 16.4 Å². The predicted molar refractivity (Wildman–Crippen MR) is 79.0 cm³/mol. The number of nitrogens with zero attached hydrogens (tertiary/aromatic N) is 3. The summed E-state index contributed by atoms with van der Waals surface area (Å²) in [7, 11) is 3.51. The maximum Gasteiger partial charge on any atom is 0.230 e. The number of anilines is 2. The second kappa shape index (κ2) is 5.62. The van der Waals surface area contributed by atoms with Crippen LogP contribution in [0.2, 0.25) is 0 Å². The lowest BCUT2D eigenvalue weighted by Crippen LogP contribution is -2.17. The number of benzene rings is 1. The fourth-order valence-corrected chi connectivity index (χ4v) is 1.68. The van der Waals surface area contributed by atoms with E-state index in [4.69, 9.17) is 22.7 Å². The highest BCUT2D eigenvalue weighted by atomic mass is 32.1. The van der Waals surface area contributed by atoms with Crippen LogP contribution in [0, 0.1) is 0 Å². The summed E-state index contributed by atoms with van der Waals surface area (Å²) in [6.07, 6.45) is 1.64. The number of hydrogen-bond donors (Lipinski definition) is 1. The van der Waals surface area contributed by atoms with Crippen LogP contribution in [0.4, 0.5) is 11.6 Å². The SMILES string of the molecule is COc1ccc(N(C)c2nccc(C(N)=S)n2)cc1. The molecule has 0 unspecified atom stereocenters. The van der Waals surface area contributed by atoms with Crippen LogP contribution in [0.15, 0.2) is 36.5 Å². The fraction of sp³-hybridized carbons (Fsp3) is 0.154. The molecule has 2 N–H and O–H groups in total. The molecule has 0 aliphatic carbocycles. The Bertz CT molecular complexity index is 585. The molecule has 0 saturated heterocycles. The van der Waals surface area contributed by atoms with E-state index >= 15 is 0 Å². The maximum atomic E-state index is 5.57. The van der Waals surface area contributed by atoms with Gasteiger partial charge < -0.3 is 15.4 Å². The molecule has 6 heteroatoms. The number of aromatic nitrogens is 2. The molecule has 0 radical (unpaired) electrons. The Morgan fingerprint density at radius 3 is 2.53 bits per heavy atom. The van der Waals surface area contributed by atoms with Crippen LogP contribution >= 0.6 is 12.2 Å². The molecule has 0 aliphatic heterocycles. The van der Waals surface area contributed by atoms with E-state index in [1.54, 1.807) is 19.4 Å². The molecule has 19 heavy (non-hydrogen) atoms. The second-order valence-electron chi connectivity index (χ2n) is 3.86. The van der Waals surface area contributed by atoms with Crippen molar-refractivity contribution in [3.8, 4) is 5.75 Å². The van der Waals surface area contributed by atoms with E-state index < -0.39 is 0 Å². The Kier molecular flexibility index (Phi) is 3.91. The molecular weight excluding hydrogens is 260 g/mol. The van der Waals surface area contributed by atoms with Gasteiger partial charge in [0, 0.05) is 18.9 Å². The van der Waals surface area contributed by atoms with E-state index in [0.717, 1.165) is 11.4 Å². The molecule has 0 aliphatic rings. The highest BCUT2D eigenvalue weighted by Gasteiger charge is 2.08. The average Bonchev–Trinajstić information content (AvgIpc) is 2.46. The lowest BCUT2D eigenvalue weighted by molar-refractivity contribution is 0.415. The molecule has 1 aromatic heterocycles. The van der Waals surface area contributed by atoms with Crippen molar-refractivity contribution in [1.29, 1.82) is 0 Å². The number of rotatable bonds is 4. The van der Waals surface area contributed by atoms with Gasteiger partial charge in [-0.2, -0.15) is 0 Å². The second-order valence-corrected chi connectivity index (χ2v) is 4.30. The molecule has 0 atom stereocenters. The zero-order valence-electron chi connectivity index (χ0n) is 10.7. The van der Waals surface area contributed by atoms with E-state index in [1.807, 2.05) is 36.2 Å². The van der Waals surface area contributed by atoms with Crippen LogP contribution in [-0.2, 0) is 0 Å². The summed E-state index contributed by atoms with van der Waals surface area (Å²) in [6.45, 7) is 0. The number of ether oxygens (including phenoxy) is 1. The first-order chi connectivity index (χ1) is 9.11. The normalized spacial score (nSPS) is 10.0. The molecule has 0 amide bonds. The molecule has 98 valence electrons. The molecule has 2 aromatic rings. The van der Waals surface area contributed by atoms with Gasteiger partial charge in [-0.05, 0) is 30.3 Å². The third kappa shape index (κ3) is 2.97. The van der Waals surface area contributed by atoms with Gasteiger partial charge in [-0.15, -0.1) is 0 Å². The standard InChI is InChI=1S/C13H14N4OS/c1-17(9-3-5-10(18-2)6-4-9)13-15-8-7-11(16-13)12(14)19/h3-8H,1-2H3,(H2,14,19). The van der Waals surface area contributed by atoms with Crippen molar-refractivity contribution in [2.24, 2.45) is 5.73 Å². The quantitative estimate of drug-likeness (QED) is 0.859. The Labute approximate surface area is 117 Å². The van der Waals surface area contributed by atoms with Crippen LogP contribution in [0.3, 0.4) is 0 Å². The van der Waals surface area contributed by atoms with E-state index in [2.05, 4.69) is 9.97 Å². The van der Waals surface area contributed by atoms with E-state index in [9.17, 15) is 0 Å². The van der Waals surface area contributed by atoms with E-state index in [1.165, 1.54) is 0 Å². The summed E-state index contributed by atoms with van der Waals surface area (Å²) in [5, 5.41) is 0. The molecule has 0 saturated carbocycles. The molecule has 0 fully saturated rings. The first-order valence-corrected chi connectivity index (χ1v) is 6.03. The van der Waals surface area contributed by atoms with Crippen LogP contribution in [-0.4, -0.2) is 29.1 Å². The van der Waals surface area contributed by atoms with Crippen molar-refractivity contribution in [1.82, 2.24) is 9.97 Å². The van der Waals surface area contributed by atoms with Gasteiger partial charge in [0.2, 0.25) is 5.95 Å². The maximum absolute atomic E-state index is 5.57. The Morgan fingerprint density at radius 1 is 1.26 bits per heavy atom. The van der Waals surface area contributed by atoms with Crippen molar-refractivity contribution in [2.45, 2.75) is 0 Å². The smallest absolute Gasteiger partial charge is 0.230 e. The summed E-state index contributed by atoms with van der Waals surface area (Å²) in [6, 6.07) is 9.30. The topological polar surface area (TPSA) is 64.3 Å². The minimum atomic E-state index is 0.256. The van der Waals surface area contributed by atoms with Crippen molar-refractivity contribution in [3.63, 3.8) is 0 Å². The zero-order chi connectivity index (χ0) is 13.8. The number of thiocarbonyl (C=S) groups is 1. The highest BCUT2D eigenvalue weighted by Crippen LogP contribution is 2.22. The molecule has 0 bridgehead atoms. The van der Waals surface area contributed by atoms with Gasteiger partial charge in [0.15, 0.2) is 0 Å². The number of hydrogen-bond acceptors (Lipinski definition) is 5. The van der Waals surface area contributed by atoms with Crippen LogP contribution in [0.25, 0.3) is 0 Å². The lowest BCUT2D eigenvalue weighted by Gasteiger charge is -2.17. The van der Waals surface area contributed by atoms with Crippen molar-refractivity contribution in [2.75, 3.05) is 19.1 Å². The third-order valence-corrected chi connectivity index (χ3v) is 2.86. The average molecular weight is 274 g/mol. The van der Waals surface area contributed by atoms with Crippen molar-refractivity contribution in [3.05, 3.63) is 42.2 Å². The molecule has 1 aromatic carbocycles. The van der Waals surface area contributed by atoms with Gasteiger partial charge in [-0.25, -0.2) is 9.97 Å². The predicted octanol–water partition coefficient (Wildman–Crippen LogP) is 1.89. The van der Waals surface area contributed by atoms with E-state index in [-0.39, 0.29) is 4.99 Å². The van der Waals surface area contributed by atoms with Crippen LogP contribution in [0.1, 0.15) is 5.69 Å². The van der Waals surface area contributed by atoms with Crippen LogP contribution in [0.5, 0.6) is 5.75 Å². The van der Waals surface area contributed by atoms with Gasteiger partial charge in [0.05, 0.1) is 7.11 Å². The lowest BCUT2D eigenvalue weighted by atomic mass is 10.3. The minimum absolute atomic E-state index is 0.256. The Hall–Kier alpha value is -2.21. The number of nitrogens with two attached hydrogens (primary N) is 1. The van der Waals surface area contributed by atoms with Crippen LogP contribution < -0.4 is 15.4 Å². The fourth-order valence-electron chi connectivity index (χ4n) is 1.57. The summed E-state index contributed by atoms with van der Waals surface area (Å²) in [5.41, 5.74) is 7.07. The third-order valence-electron chi connectivity index (χ3n) is 2.66. The first-order valence-electron chi connectivity index (χ1n) is 5.62. The van der Waals surface area contributed by atoms with Gasteiger partial charge >= 0.3 is 0 Å². The Balaban J connectivity index is 2.29. The van der Waals surface area contributed by atoms with E-state index in [0.29, 0.717) is 11.6 Å². The highest BCUT2D eigenvalue weighted by molar-refractivity contribution is 7.80. The monoisotopic (exact) mass is 274 g/mol. The van der Waals surface area contributed by atoms with Gasteiger partial charge in [0.25, 0.3) is 0 Å². The Morgan fingerprint density at radius 2 is 1.95 bits per heavy atom. The molecular formula is C13H14N4OS. The largest absolute Gasteiger partial charge is 0.497 e. The van der Waals surface area contributed by atoms with Gasteiger partial charge in [-0.3, -0.25) is 0 Å². The summed E-state index contributed by atoms with van der Waals surface area (Å²) >= 11 is 4.91.